The van der Waals surface area contributed by atoms with Crippen LogP contribution in [0, 0.1) is 0 Å². The summed E-state index contributed by atoms with van der Waals surface area (Å²) < 4.78 is 39.5. The Morgan fingerprint density at radius 3 is 2.55 bits per heavy atom. The highest BCUT2D eigenvalue weighted by atomic mass is 32.1. The lowest BCUT2D eigenvalue weighted by Crippen LogP contribution is -2.08. The third kappa shape index (κ3) is 3.09. The zero-order valence-corrected chi connectivity index (χ0v) is 11.9. The van der Waals surface area contributed by atoms with Crippen LogP contribution in [-0.2, 0) is 6.18 Å². The van der Waals surface area contributed by atoms with Gasteiger partial charge in [-0.05, 0) is 18.2 Å². The number of rotatable bonds is 3. The molecule has 0 bridgehead atoms. The minimum absolute atomic E-state index is 0.00334. The molecule has 1 aromatic heterocycles. The van der Waals surface area contributed by atoms with Crippen LogP contribution in [0.25, 0.3) is 10.2 Å². The molecule has 0 saturated carbocycles. The molecule has 7 heteroatoms. The summed E-state index contributed by atoms with van der Waals surface area (Å²) in [5.41, 5.74) is 2.78. The van der Waals surface area contributed by atoms with Crippen molar-refractivity contribution in [3.05, 3.63) is 59.7 Å². The summed E-state index contributed by atoms with van der Waals surface area (Å²) in [5, 5.41) is 4.38. The van der Waals surface area contributed by atoms with E-state index in [2.05, 4.69) is 15.5 Å². The molecule has 0 saturated heterocycles. The van der Waals surface area contributed by atoms with Gasteiger partial charge in [-0.1, -0.05) is 41.7 Å². The summed E-state index contributed by atoms with van der Waals surface area (Å²) in [6.07, 6.45) is -3.26. The van der Waals surface area contributed by atoms with Crippen LogP contribution in [0.5, 0.6) is 0 Å². The number of hydrogen-bond acceptors (Lipinski definition) is 4. The minimum Gasteiger partial charge on any atom is -0.253 e. The number of nitrogens with one attached hydrogen (secondary N) is 1. The minimum atomic E-state index is -4.40. The van der Waals surface area contributed by atoms with Gasteiger partial charge in [0, 0.05) is 5.56 Å². The van der Waals surface area contributed by atoms with Crippen LogP contribution in [-0.4, -0.2) is 11.2 Å². The highest BCUT2D eigenvalue weighted by Gasteiger charge is 2.32. The number of aromatic nitrogens is 1. The monoisotopic (exact) mass is 321 g/mol. The van der Waals surface area contributed by atoms with Gasteiger partial charge in [-0.25, -0.2) is 4.98 Å². The van der Waals surface area contributed by atoms with Gasteiger partial charge in [0.05, 0.1) is 22.0 Å². The molecule has 0 aliphatic carbocycles. The van der Waals surface area contributed by atoms with Crippen LogP contribution in [0.4, 0.5) is 18.3 Å². The molecule has 0 radical (unpaired) electrons. The lowest BCUT2D eigenvalue weighted by Gasteiger charge is -2.08. The van der Waals surface area contributed by atoms with E-state index in [1.54, 1.807) is 0 Å². The van der Waals surface area contributed by atoms with Crippen molar-refractivity contribution in [2.24, 2.45) is 5.10 Å². The van der Waals surface area contributed by atoms with E-state index >= 15 is 0 Å². The maximum atomic E-state index is 12.8. The molecule has 0 atom stereocenters. The van der Waals surface area contributed by atoms with E-state index in [1.165, 1.54) is 29.5 Å². The van der Waals surface area contributed by atoms with Gasteiger partial charge in [-0.2, -0.15) is 18.3 Å². The number of para-hydroxylation sites is 1. The summed E-state index contributed by atoms with van der Waals surface area (Å²) >= 11 is 1.38. The molecule has 3 nitrogen and oxygen atoms in total. The summed E-state index contributed by atoms with van der Waals surface area (Å²) in [6, 6.07) is 12.8. The van der Waals surface area contributed by atoms with Crippen LogP contribution >= 0.6 is 11.3 Å². The van der Waals surface area contributed by atoms with Crippen molar-refractivity contribution in [1.82, 2.24) is 4.98 Å². The van der Waals surface area contributed by atoms with Crippen molar-refractivity contribution in [2.45, 2.75) is 6.18 Å². The summed E-state index contributed by atoms with van der Waals surface area (Å²) in [6.45, 7) is 0. The number of anilines is 1. The molecule has 0 aliphatic rings. The van der Waals surface area contributed by atoms with E-state index in [9.17, 15) is 13.2 Å². The summed E-state index contributed by atoms with van der Waals surface area (Å²) in [4.78, 5) is 4.29. The molecule has 0 fully saturated rings. The van der Waals surface area contributed by atoms with Gasteiger partial charge in [0.15, 0.2) is 0 Å². The second-order valence-electron chi connectivity index (χ2n) is 4.44. The third-order valence-corrected chi connectivity index (χ3v) is 3.86. The van der Waals surface area contributed by atoms with E-state index in [0.29, 0.717) is 5.13 Å². The largest absolute Gasteiger partial charge is 0.417 e. The van der Waals surface area contributed by atoms with Crippen LogP contribution in [0.1, 0.15) is 11.1 Å². The molecular weight excluding hydrogens is 311 g/mol. The van der Waals surface area contributed by atoms with Crippen molar-refractivity contribution in [2.75, 3.05) is 5.43 Å². The number of fused-ring (bicyclic) bond motifs is 1. The van der Waals surface area contributed by atoms with Gasteiger partial charge in [-0.15, -0.1) is 0 Å². The lowest BCUT2D eigenvalue weighted by molar-refractivity contribution is -0.137. The molecule has 22 heavy (non-hydrogen) atoms. The topological polar surface area (TPSA) is 37.3 Å². The van der Waals surface area contributed by atoms with Crippen LogP contribution < -0.4 is 5.43 Å². The molecule has 0 spiro atoms. The van der Waals surface area contributed by atoms with E-state index in [-0.39, 0.29) is 5.56 Å². The number of halogens is 3. The van der Waals surface area contributed by atoms with Crippen molar-refractivity contribution in [1.29, 1.82) is 0 Å². The number of benzene rings is 2. The number of hydrazone groups is 1. The average Bonchev–Trinajstić information content (AvgIpc) is 2.89. The number of thiazole rings is 1. The molecule has 2 aromatic carbocycles. The van der Waals surface area contributed by atoms with Crippen molar-refractivity contribution < 1.29 is 13.2 Å². The number of hydrogen-bond donors (Lipinski definition) is 1. The highest BCUT2D eigenvalue weighted by molar-refractivity contribution is 7.22. The number of alkyl halides is 3. The molecule has 0 aliphatic heterocycles. The van der Waals surface area contributed by atoms with Crippen molar-refractivity contribution in [3.8, 4) is 0 Å². The van der Waals surface area contributed by atoms with E-state index in [0.717, 1.165) is 22.5 Å². The molecule has 0 amide bonds. The standard InChI is InChI=1S/C15H10F3N3S/c16-15(17,18)11-6-2-1-5-10(11)9-19-21-14-20-12-7-3-4-8-13(12)22-14/h1-9H,(H,20,21)/b19-9-. The normalized spacial score (nSPS) is 12.1. The Balaban J connectivity index is 1.80. The predicted octanol–water partition coefficient (Wildman–Crippen LogP) is 4.76. The maximum Gasteiger partial charge on any atom is 0.417 e. The van der Waals surface area contributed by atoms with Crippen LogP contribution in [0.3, 0.4) is 0 Å². The Bertz CT molecular complexity index is 791. The Hall–Kier alpha value is -2.41. The fourth-order valence-corrected chi connectivity index (χ4v) is 2.76. The first kappa shape index (κ1) is 14.5. The van der Waals surface area contributed by atoms with Gasteiger partial charge in [0.2, 0.25) is 5.13 Å². The zero-order valence-electron chi connectivity index (χ0n) is 11.1. The quantitative estimate of drug-likeness (QED) is 0.558. The van der Waals surface area contributed by atoms with Crippen LogP contribution in [0.15, 0.2) is 53.6 Å². The maximum absolute atomic E-state index is 12.8. The Labute approximate surface area is 128 Å². The van der Waals surface area contributed by atoms with Gasteiger partial charge in [0.25, 0.3) is 0 Å². The second kappa shape index (κ2) is 5.76. The molecular formula is C15H10F3N3S. The zero-order chi connectivity index (χ0) is 15.6. The third-order valence-electron chi connectivity index (χ3n) is 2.92. The average molecular weight is 321 g/mol. The Morgan fingerprint density at radius 2 is 1.77 bits per heavy atom. The Morgan fingerprint density at radius 1 is 1.05 bits per heavy atom. The van der Waals surface area contributed by atoms with Gasteiger partial charge >= 0.3 is 6.18 Å². The fourth-order valence-electron chi connectivity index (χ4n) is 1.94. The SMILES string of the molecule is FC(F)(F)c1ccccc1/C=N\Nc1nc2ccccc2s1. The van der Waals surface area contributed by atoms with Gasteiger partial charge < -0.3 is 0 Å². The molecule has 3 aromatic rings. The van der Waals surface area contributed by atoms with Gasteiger partial charge in [0.1, 0.15) is 0 Å². The van der Waals surface area contributed by atoms with Crippen molar-refractivity contribution in [3.63, 3.8) is 0 Å². The first-order valence-electron chi connectivity index (χ1n) is 6.35. The molecule has 3 rings (SSSR count). The molecule has 1 heterocycles. The van der Waals surface area contributed by atoms with Crippen LogP contribution in [0.2, 0.25) is 0 Å². The lowest BCUT2D eigenvalue weighted by atomic mass is 10.1. The first-order chi connectivity index (χ1) is 10.5. The van der Waals surface area contributed by atoms with Crippen molar-refractivity contribution >= 4 is 32.9 Å². The Kier molecular flexibility index (Phi) is 3.81. The van der Waals surface area contributed by atoms with E-state index < -0.39 is 11.7 Å². The first-order valence-corrected chi connectivity index (χ1v) is 7.16. The molecule has 112 valence electrons. The van der Waals surface area contributed by atoms with E-state index in [1.807, 2.05) is 24.3 Å². The number of nitrogens with zero attached hydrogens (tertiary/aromatic N) is 2. The smallest absolute Gasteiger partial charge is 0.253 e. The predicted molar refractivity (Wildman–Crippen MR) is 82.3 cm³/mol. The summed E-state index contributed by atoms with van der Waals surface area (Å²) in [7, 11) is 0. The highest BCUT2D eigenvalue weighted by Crippen LogP contribution is 2.31. The molecule has 1 N–H and O–H groups in total. The van der Waals surface area contributed by atoms with E-state index in [4.69, 9.17) is 0 Å². The fraction of sp³-hybridized carbons (Fsp3) is 0.0667. The van der Waals surface area contributed by atoms with Gasteiger partial charge in [-0.3, -0.25) is 5.43 Å². The second-order valence-corrected chi connectivity index (χ2v) is 5.47. The molecule has 0 unspecified atom stereocenters. The summed E-state index contributed by atoms with van der Waals surface area (Å²) in [5.74, 6) is 0.